The lowest BCUT2D eigenvalue weighted by molar-refractivity contribution is 0.0972. The molecular weight excluding hydrogens is 200 g/mol. The first-order chi connectivity index (χ1) is 7.77. The number of carbonyl (C=O) groups is 1. The largest absolute Gasteiger partial charge is 0.508 e. The predicted octanol–water partition coefficient (Wildman–Crippen LogP) is 3.96. The van der Waals surface area contributed by atoms with Crippen molar-refractivity contribution in [3.05, 3.63) is 29.3 Å². The average molecular weight is 222 g/mol. The third kappa shape index (κ3) is 3.69. The lowest BCUT2D eigenvalue weighted by Gasteiger charge is -2.13. The van der Waals surface area contributed by atoms with Crippen LogP contribution >= 0.6 is 0 Å². The van der Waals surface area contributed by atoms with Crippen LogP contribution in [-0.4, -0.2) is 10.9 Å². The number of carbonyl (C=O) groups excluding carboxylic acids is 1. The van der Waals surface area contributed by atoms with E-state index in [1.54, 1.807) is 18.2 Å². The van der Waals surface area contributed by atoms with Crippen LogP contribution in [0.1, 0.15) is 56.5 Å². The number of fused-ring (bicyclic) bond motifs is 1. The van der Waals surface area contributed by atoms with Crippen molar-refractivity contribution in [1.82, 2.24) is 0 Å². The Morgan fingerprint density at radius 3 is 2.31 bits per heavy atom. The zero-order valence-corrected chi connectivity index (χ0v) is 10.7. The van der Waals surface area contributed by atoms with Crippen molar-refractivity contribution in [3.8, 4) is 5.75 Å². The summed E-state index contributed by atoms with van der Waals surface area (Å²) in [6.07, 6.45) is 2.47. The third-order valence-corrected chi connectivity index (χ3v) is 2.24. The maximum Gasteiger partial charge on any atom is 0.163 e. The zero-order valence-electron chi connectivity index (χ0n) is 10.7. The molecule has 0 atom stereocenters. The molecule has 0 amide bonds. The highest BCUT2D eigenvalue weighted by atomic mass is 16.3. The van der Waals surface area contributed by atoms with Crippen LogP contribution in [0.2, 0.25) is 0 Å². The minimum atomic E-state index is 0.205. The average Bonchev–Trinajstić information content (AvgIpc) is 2.34. The molecule has 0 heterocycles. The van der Waals surface area contributed by atoms with Crippen LogP contribution in [0.3, 0.4) is 0 Å². The lowest BCUT2D eigenvalue weighted by atomic mass is 9.91. The van der Waals surface area contributed by atoms with E-state index in [0.29, 0.717) is 6.42 Å². The van der Waals surface area contributed by atoms with Gasteiger partial charge >= 0.3 is 0 Å². The summed E-state index contributed by atoms with van der Waals surface area (Å²) in [4.78, 5) is 11.3. The molecular formula is C14H22O2. The van der Waals surface area contributed by atoms with E-state index in [9.17, 15) is 4.79 Å². The Hall–Kier alpha value is -1.31. The third-order valence-electron chi connectivity index (χ3n) is 2.24. The smallest absolute Gasteiger partial charge is 0.163 e. The van der Waals surface area contributed by atoms with Crippen LogP contribution in [0.15, 0.2) is 18.2 Å². The monoisotopic (exact) mass is 222 g/mol. The van der Waals surface area contributed by atoms with Crippen LogP contribution in [0.4, 0.5) is 0 Å². The van der Waals surface area contributed by atoms with Gasteiger partial charge in [0.15, 0.2) is 5.78 Å². The number of hydrogen-bond donors (Lipinski definition) is 1. The molecule has 0 radical (unpaired) electrons. The van der Waals surface area contributed by atoms with Gasteiger partial charge in [0.1, 0.15) is 5.75 Å². The van der Waals surface area contributed by atoms with E-state index in [2.05, 4.69) is 0 Å². The van der Waals surface area contributed by atoms with Crippen LogP contribution in [0.25, 0.3) is 0 Å². The van der Waals surface area contributed by atoms with E-state index >= 15 is 0 Å². The Bertz CT molecular complexity index is 330. The van der Waals surface area contributed by atoms with Gasteiger partial charge in [-0.1, -0.05) is 27.7 Å². The molecule has 90 valence electrons. The first-order valence-electron chi connectivity index (χ1n) is 6.12. The molecule has 0 bridgehead atoms. The molecule has 1 aliphatic carbocycles. The van der Waals surface area contributed by atoms with E-state index in [1.165, 1.54) is 0 Å². The van der Waals surface area contributed by atoms with Gasteiger partial charge in [-0.2, -0.15) is 0 Å². The van der Waals surface area contributed by atoms with Crippen LogP contribution < -0.4 is 0 Å². The van der Waals surface area contributed by atoms with Crippen molar-refractivity contribution >= 4 is 5.78 Å². The normalized spacial score (nSPS) is 12.6. The highest BCUT2D eigenvalue weighted by molar-refractivity contribution is 5.98. The summed E-state index contributed by atoms with van der Waals surface area (Å²) >= 11 is 0. The van der Waals surface area contributed by atoms with Gasteiger partial charge in [-0.05, 0) is 36.6 Å². The maximum atomic E-state index is 11.3. The highest BCUT2D eigenvalue weighted by Gasteiger charge is 2.16. The van der Waals surface area contributed by atoms with Crippen molar-refractivity contribution in [2.24, 2.45) is 0 Å². The highest BCUT2D eigenvalue weighted by Crippen LogP contribution is 2.24. The van der Waals surface area contributed by atoms with Crippen LogP contribution in [-0.2, 0) is 6.42 Å². The number of aromatic hydroxyl groups is 1. The molecule has 1 N–H and O–H groups in total. The number of hydrogen-bond acceptors (Lipinski definition) is 2. The molecule has 1 aromatic carbocycles. The van der Waals surface area contributed by atoms with Crippen molar-refractivity contribution in [2.75, 3.05) is 0 Å². The molecule has 0 spiro atoms. The summed E-state index contributed by atoms with van der Waals surface area (Å²) in [5, 5.41) is 9.16. The van der Waals surface area contributed by atoms with Crippen LogP contribution in [0.5, 0.6) is 5.75 Å². The predicted molar refractivity (Wildman–Crippen MR) is 68.1 cm³/mol. The lowest BCUT2D eigenvalue weighted by Crippen LogP contribution is -2.09. The number of ketones is 1. The first kappa shape index (κ1) is 14.7. The number of aryl methyl sites for hydroxylation is 1. The van der Waals surface area contributed by atoms with E-state index in [0.717, 1.165) is 24.0 Å². The fourth-order valence-electron chi connectivity index (χ4n) is 1.63. The van der Waals surface area contributed by atoms with Crippen molar-refractivity contribution < 1.29 is 9.90 Å². The Labute approximate surface area is 98.3 Å². The Kier molecular flexibility index (Phi) is 7.27. The SMILES string of the molecule is CC.CC.O=C1CCCc2cc(O)ccc21. The second kappa shape index (κ2) is 7.91. The molecule has 2 heteroatoms. The molecule has 2 nitrogen and oxygen atoms in total. The molecule has 0 saturated heterocycles. The van der Waals surface area contributed by atoms with Gasteiger partial charge in [0.05, 0.1) is 0 Å². The molecule has 0 unspecified atom stereocenters. The summed E-state index contributed by atoms with van der Waals surface area (Å²) in [6, 6.07) is 4.97. The number of phenolic OH excluding ortho intramolecular Hbond substituents is 1. The minimum Gasteiger partial charge on any atom is -0.508 e. The summed E-state index contributed by atoms with van der Waals surface area (Å²) in [7, 11) is 0. The van der Waals surface area contributed by atoms with E-state index in [1.807, 2.05) is 27.7 Å². The van der Waals surface area contributed by atoms with Crippen molar-refractivity contribution in [1.29, 1.82) is 0 Å². The minimum absolute atomic E-state index is 0.205. The fraction of sp³-hybridized carbons (Fsp3) is 0.500. The quantitative estimate of drug-likeness (QED) is 0.721. The van der Waals surface area contributed by atoms with Gasteiger partial charge in [-0.15, -0.1) is 0 Å². The summed E-state index contributed by atoms with van der Waals surface area (Å²) in [5.74, 6) is 0.458. The number of benzene rings is 1. The molecule has 1 aliphatic rings. The van der Waals surface area contributed by atoms with Gasteiger partial charge < -0.3 is 5.11 Å². The van der Waals surface area contributed by atoms with Gasteiger partial charge in [0, 0.05) is 12.0 Å². The molecule has 0 fully saturated rings. The summed E-state index contributed by atoms with van der Waals surface area (Å²) < 4.78 is 0. The Morgan fingerprint density at radius 1 is 1.06 bits per heavy atom. The van der Waals surface area contributed by atoms with Gasteiger partial charge in [-0.3, -0.25) is 4.79 Å². The van der Waals surface area contributed by atoms with Gasteiger partial charge in [0.2, 0.25) is 0 Å². The van der Waals surface area contributed by atoms with Gasteiger partial charge in [-0.25, -0.2) is 0 Å². The van der Waals surface area contributed by atoms with E-state index in [-0.39, 0.29) is 11.5 Å². The number of phenols is 1. The second-order valence-electron chi connectivity index (χ2n) is 3.12. The molecule has 16 heavy (non-hydrogen) atoms. The fourth-order valence-corrected chi connectivity index (χ4v) is 1.63. The molecule has 0 aromatic heterocycles. The Balaban J connectivity index is 0.000000509. The molecule has 1 aromatic rings. The first-order valence-corrected chi connectivity index (χ1v) is 6.12. The van der Waals surface area contributed by atoms with Crippen molar-refractivity contribution in [2.45, 2.75) is 47.0 Å². The number of Topliss-reactive ketones (excluding diaryl/α,β-unsaturated/α-hetero) is 1. The van der Waals surface area contributed by atoms with E-state index < -0.39 is 0 Å². The zero-order chi connectivity index (χ0) is 12.6. The summed E-state index contributed by atoms with van der Waals surface area (Å²) in [5.41, 5.74) is 1.78. The Morgan fingerprint density at radius 2 is 1.69 bits per heavy atom. The molecule has 0 aliphatic heterocycles. The molecule has 0 saturated carbocycles. The standard InChI is InChI=1S/C10H10O2.2C2H6/c11-8-4-5-9-7(6-8)2-1-3-10(9)12;2*1-2/h4-6,11H,1-3H2;2*1-2H3. The van der Waals surface area contributed by atoms with E-state index in [4.69, 9.17) is 5.11 Å². The molecule has 2 rings (SSSR count). The topological polar surface area (TPSA) is 37.3 Å². The second-order valence-corrected chi connectivity index (χ2v) is 3.12. The van der Waals surface area contributed by atoms with Crippen LogP contribution in [0, 0.1) is 0 Å². The maximum absolute atomic E-state index is 11.3. The summed E-state index contributed by atoms with van der Waals surface area (Å²) in [6.45, 7) is 8.00. The number of rotatable bonds is 0. The van der Waals surface area contributed by atoms with Gasteiger partial charge in [0.25, 0.3) is 0 Å². The van der Waals surface area contributed by atoms with Crippen molar-refractivity contribution in [3.63, 3.8) is 0 Å².